The van der Waals surface area contributed by atoms with Crippen molar-refractivity contribution in [2.45, 2.75) is 13.0 Å². The van der Waals surface area contributed by atoms with Crippen molar-refractivity contribution >= 4 is 11.8 Å². The lowest BCUT2D eigenvalue weighted by atomic mass is 10.3. The van der Waals surface area contributed by atoms with Crippen molar-refractivity contribution < 1.29 is 9.90 Å². The fourth-order valence-corrected chi connectivity index (χ4v) is 0.602. The van der Waals surface area contributed by atoms with Gasteiger partial charge in [-0.1, -0.05) is 0 Å². The third kappa shape index (κ3) is 2.15. The van der Waals surface area contributed by atoms with E-state index >= 15 is 0 Å². The molecule has 0 aliphatic heterocycles. The number of carbonyl (C=O) groups is 1. The van der Waals surface area contributed by atoms with E-state index < -0.39 is 12.0 Å². The molecule has 0 bridgehead atoms. The number of carboxylic acids is 1. The van der Waals surface area contributed by atoms with Crippen LogP contribution in [0.5, 0.6) is 0 Å². The molecule has 0 fully saturated rings. The number of hydrogen-bond acceptors (Lipinski definition) is 5. The molecular formula is C6H8N4O2. The lowest BCUT2D eigenvalue weighted by Crippen LogP contribution is -2.25. The van der Waals surface area contributed by atoms with Gasteiger partial charge >= 0.3 is 5.97 Å². The second kappa shape index (κ2) is 3.61. The summed E-state index contributed by atoms with van der Waals surface area (Å²) in [6.07, 6.45) is 1.43. The minimum Gasteiger partial charge on any atom is -0.480 e. The van der Waals surface area contributed by atoms with Crippen LogP contribution in [-0.2, 0) is 4.79 Å². The van der Waals surface area contributed by atoms with E-state index in [4.69, 9.17) is 5.11 Å². The molecule has 0 aliphatic rings. The van der Waals surface area contributed by atoms with Crippen molar-refractivity contribution in [3.05, 3.63) is 12.3 Å². The second-order valence-corrected chi connectivity index (χ2v) is 2.21. The van der Waals surface area contributed by atoms with Gasteiger partial charge in [-0.05, 0) is 12.1 Å². The summed E-state index contributed by atoms with van der Waals surface area (Å²) in [5, 5.41) is 21.5. The summed E-state index contributed by atoms with van der Waals surface area (Å²) in [5.41, 5.74) is 0. The van der Waals surface area contributed by atoms with Crippen LogP contribution in [0, 0.1) is 0 Å². The quantitative estimate of drug-likeness (QED) is 0.647. The molecule has 0 amide bonds. The van der Waals surface area contributed by atoms with Gasteiger partial charge in [0.05, 0.1) is 6.20 Å². The van der Waals surface area contributed by atoms with Crippen LogP contribution < -0.4 is 5.32 Å². The zero-order valence-electron chi connectivity index (χ0n) is 6.43. The molecule has 1 aromatic heterocycles. The van der Waals surface area contributed by atoms with Gasteiger partial charge in [-0.15, -0.1) is 10.2 Å². The molecule has 12 heavy (non-hydrogen) atoms. The molecule has 0 spiro atoms. The van der Waals surface area contributed by atoms with E-state index in [0.29, 0.717) is 5.82 Å². The average Bonchev–Trinajstić information content (AvgIpc) is 2.06. The summed E-state index contributed by atoms with van der Waals surface area (Å²) in [4.78, 5) is 10.4. The van der Waals surface area contributed by atoms with Crippen LogP contribution >= 0.6 is 0 Å². The van der Waals surface area contributed by atoms with Crippen LogP contribution in [-0.4, -0.2) is 32.5 Å². The number of nitrogens with zero attached hydrogens (tertiary/aromatic N) is 3. The Bertz CT molecular complexity index is 264. The monoisotopic (exact) mass is 168 g/mol. The SMILES string of the molecule is C[C@H](Nc1ccnnn1)C(=O)O. The summed E-state index contributed by atoms with van der Waals surface area (Å²) in [7, 11) is 0. The predicted molar refractivity (Wildman–Crippen MR) is 40.5 cm³/mol. The standard InChI is InChI=1S/C6H8N4O2/c1-4(6(11)12)8-5-2-3-7-10-9-5/h2-4H,1H3,(H,11,12)(H,7,8,9)/t4-/m0/s1. The third-order valence-electron chi connectivity index (χ3n) is 1.24. The molecule has 0 aliphatic carbocycles. The van der Waals surface area contributed by atoms with Crippen LogP contribution in [0.2, 0.25) is 0 Å². The lowest BCUT2D eigenvalue weighted by Gasteiger charge is -2.07. The van der Waals surface area contributed by atoms with E-state index in [0.717, 1.165) is 0 Å². The Kier molecular flexibility index (Phi) is 2.52. The first-order valence-electron chi connectivity index (χ1n) is 3.34. The van der Waals surface area contributed by atoms with Crippen LogP contribution in [0.4, 0.5) is 5.82 Å². The summed E-state index contributed by atoms with van der Waals surface area (Å²) in [5.74, 6) is -0.534. The summed E-state index contributed by atoms with van der Waals surface area (Å²) < 4.78 is 0. The normalized spacial score (nSPS) is 12.1. The highest BCUT2D eigenvalue weighted by atomic mass is 16.4. The van der Waals surface area contributed by atoms with Crippen LogP contribution in [0.15, 0.2) is 12.3 Å². The highest BCUT2D eigenvalue weighted by Gasteiger charge is 2.09. The smallest absolute Gasteiger partial charge is 0.325 e. The van der Waals surface area contributed by atoms with Crippen molar-refractivity contribution in [3.63, 3.8) is 0 Å². The van der Waals surface area contributed by atoms with E-state index in [-0.39, 0.29) is 0 Å². The molecule has 1 heterocycles. The zero-order valence-corrected chi connectivity index (χ0v) is 6.43. The maximum Gasteiger partial charge on any atom is 0.325 e. The number of carboxylic acid groups (broad SMARTS) is 1. The number of nitrogens with one attached hydrogen (secondary N) is 1. The maximum atomic E-state index is 10.4. The maximum absolute atomic E-state index is 10.4. The van der Waals surface area contributed by atoms with E-state index in [1.165, 1.54) is 13.1 Å². The number of aromatic nitrogens is 3. The fourth-order valence-electron chi connectivity index (χ4n) is 0.602. The van der Waals surface area contributed by atoms with Crippen molar-refractivity contribution in [1.29, 1.82) is 0 Å². The Morgan fingerprint density at radius 2 is 2.50 bits per heavy atom. The minimum atomic E-state index is -0.936. The number of aliphatic carboxylic acids is 1. The molecule has 6 nitrogen and oxygen atoms in total. The number of hydrogen-bond donors (Lipinski definition) is 2. The Morgan fingerprint density at radius 3 is 3.00 bits per heavy atom. The number of rotatable bonds is 3. The topological polar surface area (TPSA) is 88.0 Å². The van der Waals surface area contributed by atoms with Gasteiger partial charge in [0.25, 0.3) is 0 Å². The lowest BCUT2D eigenvalue weighted by molar-refractivity contribution is -0.137. The van der Waals surface area contributed by atoms with Crippen molar-refractivity contribution in [1.82, 2.24) is 15.4 Å². The second-order valence-electron chi connectivity index (χ2n) is 2.21. The van der Waals surface area contributed by atoms with Crippen molar-refractivity contribution in [2.24, 2.45) is 0 Å². The molecule has 1 rings (SSSR count). The van der Waals surface area contributed by atoms with Gasteiger partial charge in [-0.25, -0.2) is 0 Å². The average molecular weight is 168 g/mol. The summed E-state index contributed by atoms with van der Waals surface area (Å²) in [6, 6.07) is 0.869. The van der Waals surface area contributed by atoms with Gasteiger partial charge in [-0.3, -0.25) is 4.79 Å². The molecule has 64 valence electrons. The van der Waals surface area contributed by atoms with Crippen LogP contribution in [0.25, 0.3) is 0 Å². The Labute approximate surface area is 68.6 Å². The Hall–Kier alpha value is -1.72. The Morgan fingerprint density at radius 1 is 1.75 bits per heavy atom. The summed E-state index contributed by atoms with van der Waals surface area (Å²) >= 11 is 0. The fraction of sp³-hybridized carbons (Fsp3) is 0.333. The highest BCUT2D eigenvalue weighted by molar-refractivity contribution is 5.76. The summed E-state index contributed by atoms with van der Waals surface area (Å²) in [6.45, 7) is 1.52. The van der Waals surface area contributed by atoms with E-state index in [2.05, 4.69) is 20.7 Å². The zero-order chi connectivity index (χ0) is 8.97. The molecule has 0 saturated heterocycles. The Balaban J connectivity index is 2.58. The van der Waals surface area contributed by atoms with Crippen LogP contribution in [0.3, 0.4) is 0 Å². The minimum absolute atomic E-state index is 0.403. The molecule has 6 heteroatoms. The first-order chi connectivity index (χ1) is 5.70. The highest BCUT2D eigenvalue weighted by Crippen LogP contribution is 1.99. The molecular weight excluding hydrogens is 160 g/mol. The van der Waals surface area contributed by atoms with E-state index in [1.807, 2.05) is 0 Å². The van der Waals surface area contributed by atoms with E-state index in [9.17, 15) is 4.79 Å². The third-order valence-corrected chi connectivity index (χ3v) is 1.24. The molecule has 0 saturated carbocycles. The molecule has 0 aromatic carbocycles. The molecule has 1 aromatic rings. The largest absolute Gasteiger partial charge is 0.480 e. The molecule has 0 unspecified atom stereocenters. The first kappa shape index (κ1) is 8.38. The predicted octanol–water partition coefficient (Wildman–Crippen LogP) is -0.243. The van der Waals surface area contributed by atoms with Gasteiger partial charge in [0.2, 0.25) is 0 Å². The van der Waals surface area contributed by atoms with Crippen molar-refractivity contribution in [2.75, 3.05) is 5.32 Å². The molecule has 0 radical (unpaired) electrons. The molecule has 2 N–H and O–H groups in total. The number of anilines is 1. The molecule has 1 atom stereocenters. The van der Waals surface area contributed by atoms with Gasteiger partial charge in [0.1, 0.15) is 6.04 Å². The van der Waals surface area contributed by atoms with Crippen molar-refractivity contribution in [3.8, 4) is 0 Å². The first-order valence-corrected chi connectivity index (χ1v) is 3.34. The van der Waals surface area contributed by atoms with E-state index in [1.54, 1.807) is 6.07 Å². The van der Waals surface area contributed by atoms with Gasteiger partial charge < -0.3 is 10.4 Å². The van der Waals surface area contributed by atoms with Gasteiger partial charge in [0, 0.05) is 6.07 Å². The van der Waals surface area contributed by atoms with Gasteiger partial charge in [-0.2, -0.15) is 0 Å². The van der Waals surface area contributed by atoms with Crippen LogP contribution in [0.1, 0.15) is 6.92 Å². The van der Waals surface area contributed by atoms with Gasteiger partial charge in [0.15, 0.2) is 5.82 Å².